The van der Waals surface area contributed by atoms with Gasteiger partial charge in [-0.05, 0) is 31.9 Å². The number of carboxylic acids is 1. The molecule has 1 amide bonds. The van der Waals surface area contributed by atoms with E-state index in [2.05, 4.69) is 5.32 Å². The van der Waals surface area contributed by atoms with E-state index < -0.39 is 29.5 Å². The average Bonchev–Trinajstić information content (AvgIpc) is 2.50. The Labute approximate surface area is 127 Å². The van der Waals surface area contributed by atoms with Gasteiger partial charge < -0.3 is 15.2 Å². The maximum absolute atomic E-state index is 13.3. The highest BCUT2D eigenvalue weighted by molar-refractivity contribution is 5.96. The molecule has 118 valence electrons. The van der Waals surface area contributed by atoms with Gasteiger partial charge in [0, 0.05) is 6.07 Å². The van der Waals surface area contributed by atoms with Crippen LogP contribution in [-0.4, -0.2) is 23.6 Å². The molecule has 1 aromatic carbocycles. The molecule has 0 heterocycles. The van der Waals surface area contributed by atoms with E-state index in [0.717, 1.165) is 0 Å². The van der Waals surface area contributed by atoms with Gasteiger partial charge in [0.2, 0.25) is 5.91 Å². The quantitative estimate of drug-likeness (QED) is 0.820. The summed E-state index contributed by atoms with van der Waals surface area (Å²) in [6.45, 7) is 2.08. The monoisotopic (exact) mass is 307 g/mol. The molecule has 0 saturated carbocycles. The second-order valence-corrected chi connectivity index (χ2v) is 5.06. The number of benzene rings is 1. The zero-order valence-corrected chi connectivity index (χ0v) is 12.2. The van der Waals surface area contributed by atoms with Crippen LogP contribution >= 0.6 is 0 Å². The number of carboxylic acid groups (broad SMARTS) is 1. The molecule has 22 heavy (non-hydrogen) atoms. The molecule has 1 aliphatic carbocycles. The summed E-state index contributed by atoms with van der Waals surface area (Å²) in [4.78, 5) is 23.6. The van der Waals surface area contributed by atoms with Crippen molar-refractivity contribution in [1.82, 2.24) is 0 Å². The van der Waals surface area contributed by atoms with E-state index in [0.29, 0.717) is 25.1 Å². The van der Waals surface area contributed by atoms with E-state index in [1.807, 2.05) is 0 Å². The molecule has 0 saturated heterocycles. The minimum Gasteiger partial charge on any atom is -0.492 e. The number of hydrogen-bond acceptors (Lipinski definition) is 3. The van der Waals surface area contributed by atoms with Crippen molar-refractivity contribution >= 4 is 17.6 Å². The summed E-state index contributed by atoms with van der Waals surface area (Å²) >= 11 is 0. The number of nitrogens with one attached hydrogen (secondary N) is 1. The summed E-state index contributed by atoms with van der Waals surface area (Å²) in [5, 5.41) is 11.9. The Morgan fingerprint density at radius 1 is 1.32 bits per heavy atom. The first kappa shape index (κ1) is 16.0. The van der Waals surface area contributed by atoms with Crippen molar-refractivity contribution in [1.29, 1.82) is 0 Å². The van der Waals surface area contributed by atoms with Crippen LogP contribution in [0.25, 0.3) is 0 Å². The highest BCUT2D eigenvalue weighted by Crippen LogP contribution is 2.30. The number of hydrogen-bond donors (Lipinski definition) is 2. The standard InChI is InChI=1S/C16H18FNO4/c1-2-22-14-9-10(17)7-8-13(14)18-15(19)11-5-3-4-6-12(11)16(20)21/h3-4,7-9,11-12H,2,5-6H2,1H3,(H,18,19)(H,20,21)/t11-,12-/m0/s1. The van der Waals surface area contributed by atoms with Crippen molar-refractivity contribution in [2.45, 2.75) is 19.8 Å². The lowest BCUT2D eigenvalue weighted by Crippen LogP contribution is -2.34. The van der Waals surface area contributed by atoms with Crippen LogP contribution in [0.1, 0.15) is 19.8 Å². The van der Waals surface area contributed by atoms with Crippen molar-refractivity contribution in [3.05, 3.63) is 36.2 Å². The fourth-order valence-electron chi connectivity index (χ4n) is 2.48. The fourth-order valence-corrected chi connectivity index (χ4v) is 2.48. The molecule has 0 bridgehead atoms. The third kappa shape index (κ3) is 3.63. The molecule has 0 aliphatic heterocycles. The molecule has 1 aromatic rings. The summed E-state index contributed by atoms with van der Waals surface area (Å²) in [5.41, 5.74) is 0.340. The van der Waals surface area contributed by atoms with Crippen LogP contribution < -0.4 is 10.1 Å². The van der Waals surface area contributed by atoms with Gasteiger partial charge in [-0.15, -0.1) is 0 Å². The number of aliphatic carboxylic acids is 1. The average molecular weight is 307 g/mol. The van der Waals surface area contributed by atoms with Crippen LogP contribution in [-0.2, 0) is 9.59 Å². The Bertz CT molecular complexity index is 600. The first-order valence-corrected chi connectivity index (χ1v) is 7.14. The molecule has 2 atom stereocenters. The highest BCUT2D eigenvalue weighted by atomic mass is 19.1. The van der Waals surface area contributed by atoms with Gasteiger partial charge in [-0.3, -0.25) is 9.59 Å². The van der Waals surface area contributed by atoms with Crippen LogP contribution in [0.5, 0.6) is 5.75 Å². The summed E-state index contributed by atoms with van der Waals surface area (Å²) in [5.74, 6) is -3.03. The van der Waals surface area contributed by atoms with Crippen LogP contribution in [0, 0.1) is 17.7 Å². The molecular formula is C16H18FNO4. The number of anilines is 1. The van der Waals surface area contributed by atoms with Crippen LogP contribution in [0.2, 0.25) is 0 Å². The predicted octanol–water partition coefficient (Wildman–Crippen LogP) is 2.83. The van der Waals surface area contributed by atoms with E-state index in [9.17, 15) is 19.1 Å². The largest absolute Gasteiger partial charge is 0.492 e. The highest BCUT2D eigenvalue weighted by Gasteiger charge is 2.34. The number of carbonyl (C=O) groups excluding carboxylic acids is 1. The molecule has 0 aromatic heterocycles. The maximum Gasteiger partial charge on any atom is 0.307 e. The molecule has 0 radical (unpaired) electrons. The number of rotatable bonds is 5. The number of carbonyl (C=O) groups is 2. The van der Waals surface area contributed by atoms with Gasteiger partial charge in [0.25, 0.3) is 0 Å². The Kier molecular flexibility index (Phi) is 5.14. The molecular weight excluding hydrogens is 289 g/mol. The normalized spacial score (nSPS) is 20.5. The Balaban J connectivity index is 2.17. The zero-order valence-electron chi connectivity index (χ0n) is 12.2. The molecule has 0 unspecified atom stereocenters. The summed E-state index contributed by atoms with van der Waals surface area (Å²) < 4.78 is 18.5. The summed E-state index contributed by atoms with van der Waals surface area (Å²) in [6, 6.07) is 3.81. The second-order valence-electron chi connectivity index (χ2n) is 5.06. The van der Waals surface area contributed by atoms with Gasteiger partial charge >= 0.3 is 5.97 Å². The molecule has 0 spiro atoms. The minimum absolute atomic E-state index is 0.231. The summed E-state index contributed by atoms with van der Waals surface area (Å²) in [7, 11) is 0. The molecule has 6 heteroatoms. The maximum atomic E-state index is 13.3. The fraction of sp³-hybridized carbons (Fsp3) is 0.375. The van der Waals surface area contributed by atoms with E-state index in [-0.39, 0.29) is 5.75 Å². The smallest absolute Gasteiger partial charge is 0.307 e. The Morgan fingerprint density at radius 3 is 2.64 bits per heavy atom. The van der Waals surface area contributed by atoms with Crippen molar-refractivity contribution in [3.63, 3.8) is 0 Å². The van der Waals surface area contributed by atoms with Crippen LogP contribution in [0.4, 0.5) is 10.1 Å². The first-order valence-electron chi connectivity index (χ1n) is 7.14. The third-order valence-corrected chi connectivity index (χ3v) is 3.59. The molecule has 5 nitrogen and oxygen atoms in total. The Hall–Kier alpha value is -2.37. The molecule has 1 aliphatic rings. The molecule has 0 fully saturated rings. The molecule has 2 N–H and O–H groups in total. The van der Waals surface area contributed by atoms with Gasteiger partial charge in [0.05, 0.1) is 24.1 Å². The Morgan fingerprint density at radius 2 is 2.00 bits per heavy atom. The van der Waals surface area contributed by atoms with Gasteiger partial charge in [0.1, 0.15) is 11.6 Å². The topological polar surface area (TPSA) is 75.6 Å². The van der Waals surface area contributed by atoms with Crippen molar-refractivity contribution in [2.75, 3.05) is 11.9 Å². The lowest BCUT2D eigenvalue weighted by atomic mass is 9.82. The number of amides is 1. The van der Waals surface area contributed by atoms with Gasteiger partial charge in [-0.2, -0.15) is 0 Å². The van der Waals surface area contributed by atoms with Crippen molar-refractivity contribution < 1.29 is 23.8 Å². The number of ether oxygens (including phenoxy) is 1. The number of allylic oxidation sites excluding steroid dienone is 2. The zero-order chi connectivity index (χ0) is 16.1. The van der Waals surface area contributed by atoms with Gasteiger partial charge in [-0.25, -0.2) is 4.39 Å². The lowest BCUT2D eigenvalue weighted by molar-refractivity contribution is -0.146. The lowest BCUT2D eigenvalue weighted by Gasteiger charge is -2.24. The van der Waals surface area contributed by atoms with Crippen molar-refractivity contribution in [3.8, 4) is 5.75 Å². The SMILES string of the molecule is CCOc1cc(F)ccc1NC(=O)[C@H]1CC=CC[C@@H]1C(=O)O. The summed E-state index contributed by atoms with van der Waals surface area (Å²) in [6.07, 6.45) is 4.27. The van der Waals surface area contributed by atoms with Gasteiger partial charge in [-0.1, -0.05) is 12.2 Å². The van der Waals surface area contributed by atoms with E-state index in [4.69, 9.17) is 4.74 Å². The van der Waals surface area contributed by atoms with Crippen LogP contribution in [0.3, 0.4) is 0 Å². The van der Waals surface area contributed by atoms with Crippen molar-refractivity contribution in [2.24, 2.45) is 11.8 Å². The minimum atomic E-state index is -0.992. The first-order chi connectivity index (χ1) is 10.5. The van der Waals surface area contributed by atoms with Crippen LogP contribution in [0.15, 0.2) is 30.4 Å². The third-order valence-electron chi connectivity index (χ3n) is 3.59. The van der Waals surface area contributed by atoms with E-state index in [1.54, 1.807) is 19.1 Å². The number of halogens is 1. The predicted molar refractivity (Wildman–Crippen MR) is 79.2 cm³/mol. The molecule has 2 rings (SSSR count). The second kappa shape index (κ2) is 7.06. The van der Waals surface area contributed by atoms with E-state index >= 15 is 0 Å². The van der Waals surface area contributed by atoms with E-state index in [1.165, 1.54) is 18.2 Å². The van der Waals surface area contributed by atoms with Gasteiger partial charge in [0.15, 0.2) is 0 Å².